The van der Waals surface area contributed by atoms with Crippen LogP contribution in [0.3, 0.4) is 0 Å². The molecule has 4 rings (SSSR count). The molecular weight excluding hydrogens is 320 g/mol. The molecule has 1 saturated heterocycles. The minimum atomic E-state index is 0.0375. The molecule has 6 heteroatoms. The number of fused-ring (bicyclic) bond motifs is 1. The number of benzene rings is 1. The maximum Gasteiger partial charge on any atom is 0.231 e. The standard InChI is InChI=1S/C19H22N2O4/c1-13-10-15(20-25-13)16-4-2-3-9-21(16)19(22)8-6-14-5-7-17-18(11-14)24-12-23-17/h5,7,10-11,16H,2-4,6,8-9,12H2,1H3/t16-/m1/s1. The monoisotopic (exact) mass is 342 g/mol. The number of rotatable bonds is 4. The molecule has 0 N–H and O–H groups in total. The van der Waals surface area contributed by atoms with Crippen LogP contribution in [-0.4, -0.2) is 29.3 Å². The Bertz CT molecular complexity index is 771. The van der Waals surface area contributed by atoms with Gasteiger partial charge in [0.1, 0.15) is 11.5 Å². The van der Waals surface area contributed by atoms with Crippen molar-refractivity contribution >= 4 is 5.91 Å². The van der Waals surface area contributed by atoms with Gasteiger partial charge in [0.15, 0.2) is 11.5 Å². The predicted molar refractivity (Wildman–Crippen MR) is 90.4 cm³/mol. The first-order chi connectivity index (χ1) is 12.2. The maximum absolute atomic E-state index is 12.8. The number of amides is 1. The molecule has 6 nitrogen and oxygen atoms in total. The number of ether oxygens (including phenoxy) is 2. The van der Waals surface area contributed by atoms with Crippen LogP contribution in [0.15, 0.2) is 28.8 Å². The lowest BCUT2D eigenvalue weighted by Crippen LogP contribution is -2.38. The zero-order chi connectivity index (χ0) is 17.2. The third-order valence-corrected chi connectivity index (χ3v) is 4.88. The van der Waals surface area contributed by atoms with Crippen LogP contribution in [0.25, 0.3) is 0 Å². The number of aromatic nitrogens is 1. The molecule has 2 aliphatic heterocycles. The molecule has 25 heavy (non-hydrogen) atoms. The fraction of sp³-hybridized carbons (Fsp3) is 0.474. The Morgan fingerprint density at radius 2 is 2.12 bits per heavy atom. The fourth-order valence-corrected chi connectivity index (χ4v) is 3.57. The van der Waals surface area contributed by atoms with Crippen LogP contribution < -0.4 is 9.47 Å². The van der Waals surface area contributed by atoms with Gasteiger partial charge in [-0.25, -0.2) is 0 Å². The zero-order valence-corrected chi connectivity index (χ0v) is 14.4. The Morgan fingerprint density at radius 3 is 2.96 bits per heavy atom. The number of hydrogen-bond acceptors (Lipinski definition) is 5. The fourth-order valence-electron chi connectivity index (χ4n) is 3.57. The van der Waals surface area contributed by atoms with Crippen LogP contribution in [-0.2, 0) is 11.2 Å². The largest absolute Gasteiger partial charge is 0.454 e. The molecule has 2 aliphatic rings. The first-order valence-corrected chi connectivity index (χ1v) is 8.82. The van der Waals surface area contributed by atoms with E-state index in [0.717, 1.165) is 54.3 Å². The molecule has 1 aromatic heterocycles. The van der Waals surface area contributed by atoms with Gasteiger partial charge in [-0.2, -0.15) is 0 Å². The van der Waals surface area contributed by atoms with Crippen LogP contribution in [0.2, 0.25) is 0 Å². The van der Waals surface area contributed by atoms with E-state index in [4.69, 9.17) is 14.0 Å². The summed E-state index contributed by atoms with van der Waals surface area (Å²) < 4.78 is 15.9. The molecule has 1 amide bonds. The summed E-state index contributed by atoms with van der Waals surface area (Å²) in [7, 11) is 0. The first-order valence-electron chi connectivity index (χ1n) is 8.82. The number of nitrogens with zero attached hydrogens (tertiary/aromatic N) is 2. The lowest BCUT2D eigenvalue weighted by Gasteiger charge is -2.34. The molecular formula is C19H22N2O4. The lowest BCUT2D eigenvalue weighted by molar-refractivity contribution is -0.135. The first kappa shape index (κ1) is 16.0. The van der Waals surface area contributed by atoms with Gasteiger partial charge < -0.3 is 18.9 Å². The second-order valence-electron chi connectivity index (χ2n) is 6.65. The van der Waals surface area contributed by atoms with Gasteiger partial charge >= 0.3 is 0 Å². The van der Waals surface area contributed by atoms with E-state index in [1.807, 2.05) is 36.1 Å². The predicted octanol–water partition coefficient (Wildman–Crippen LogP) is 3.40. The van der Waals surface area contributed by atoms with Gasteiger partial charge in [-0.15, -0.1) is 0 Å². The number of likely N-dealkylation sites (tertiary alicyclic amines) is 1. The molecule has 0 saturated carbocycles. The lowest BCUT2D eigenvalue weighted by atomic mass is 9.98. The molecule has 3 heterocycles. The van der Waals surface area contributed by atoms with Crippen molar-refractivity contribution in [2.75, 3.05) is 13.3 Å². The highest BCUT2D eigenvalue weighted by Crippen LogP contribution is 2.34. The molecule has 0 radical (unpaired) electrons. The number of aryl methyl sites for hydroxylation is 2. The quantitative estimate of drug-likeness (QED) is 0.852. The van der Waals surface area contributed by atoms with Crippen LogP contribution in [0.1, 0.15) is 48.7 Å². The molecule has 2 aromatic rings. The minimum absolute atomic E-state index is 0.0375. The van der Waals surface area contributed by atoms with Crippen LogP contribution in [0.4, 0.5) is 0 Å². The van der Waals surface area contributed by atoms with Crippen molar-refractivity contribution in [3.63, 3.8) is 0 Å². The number of piperidine rings is 1. The SMILES string of the molecule is Cc1cc([C@H]2CCCCN2C(=O)CCc2ccc3c(c2)OCO3)no1. The summed E-state index contributed by atoms with van der Waals surface area (Å²) in [5.41, 5.74) is 1.96. The van der Waals surface area contributed by atoms with E-state index < -0.39 is 0 Å². The summed E-state index contributed by atoms with van der Waals surface area (Å²) in [4.78, 5) is 14.8. The summed E-state index contributed by atoms with van der Waals surface area (Å²) >= 11 is 0. The van der Waals surface area contributed by atoms with Gasteiger partial charge in [0, 0.05) is 19.0 Å². The summed E-state index contributed by atoms with van der Waals surface area (Å²) in [5.74, 6) is 2.49. The van der Waals surface area contributed by atoms with Crippen molar-refractivity contribution < 1.29 is 18.8 Å². The molecule has 0 bridgehead atoms. The molecule has 0 unspecified atom stereocenters. The number of carbonyl (C=O) groups is 1. The van der Waals surface area contributed by atoms with Crippen LogP contribution in [0.5, 0.6) is 11.5 Å². The molecule has 1 fully saturated rings. The van der Waals surface area contributed by atoms with E-state index in [1.165, 1.54) is 0 Å². The Kier molecular flexibility index (Phi) is 4.34. The van der Waals surface area contributed by atoms with Gasteiger partial charge in [-0.3, -0.25) is 4.79 Å². The van der Waals surface area contributed by atoms with E-state index in [-0.39, 0.29) is 18.7 Å². The van der Waals surface area contributed by atoms with E-state index in [9.17, 15) is 4.79 Å². The molecule has 132 valence electrons. The maximum atomic E-state index is 12.8. The molecule has 1 aromatic carbocycles. The summed E-state index contributed by atoms with van der Waals surface area (Å²) in [6.45, 7) is 2.94. The minimum Gasteiger partial charge on any atom is -0.454 e. The third-order valence-electron chi connectivity index (χ3n) is 4.88. The summed E-state index contributed by atoms with van der Waals surface area (Å²) in [5, 5.41) is 4.13. The van der Waals surface area contributed by atoms with E-state index in [1.54, 1.807) is 0 Å². The molecule has 0 aliphatic carbocycles. The highest BCUT2D eigenvalue weighted by molar-refractivity contribution is 5.77. The summed E-state index contributed by atoms with van der Waals surface area (Å²) in [6.07, 6.45) is 4.27. The van der Waals surface area contributed by atoms with Gasteiger partial charge in [0.05, 0.1) is 6.04 Å². The number of carbonyl (C=O) groups excluding carboxylic acids is 1. The van der Waals surface area contributed by atoms with Crippen molar-refractivity contribution in [2.24, 2.45) is 0 Å². The van der Waals surface area contributed by atoms with E-state index in [0.29, 0.717) is 12.8 Å². The van der Waals surface area contributed by atoms with Crippen LogP contribution >= 0.6 is 0 Å². The second kappa shape index (κ2) is 6.78. The van der Waals surface area contributed by atoms with Crippen molar-refractivity contribution in [2.45, 2.75) is 45.1 Å². The van der Waals surface area contributed by atoms with Crippen molar-refractivity contribution in [3.8, 4) is 11.5 Å². The second-order valence-corrected chi connectivity index (χ2v) is 6.65. The highest BCUT2D eigenvalue weighted by Gasteiger charge is 2.29. The zero-order valence-electron chi connectivity index (χ0n) is 14.4. The van der Waals surface area contributed by atoms with Crippen LogP contribution in [0, 0.1) is 6.92 Å². The highest BCUT2D eigenvalue weighted by atomic mass is 16.7. The van der Waals surface area contributed by atoms with Crippen molar-refractivity contribution in [1.82, 2.24) is 10.1 Å². The Morgan fingerprint density at radius 1 is 1.24 bits per heavy atom. The third kappa shape index (κ3) is 3.34. The van der Waals surface area contributed by atoms with Gasteiger partial charge in [-0.1, -0.05) is 11.2 Å². The van der Waals surface area contributed by atoms with Gasteiger partial charge in [0.25, 0.3) is 0 Å². The number of hydrogen-bond donors (Lipinski definition) is 0. The Hall–Kier alpha value is -2.50. The Balaban J connectivity index is 1.42. The summed E-state index contributed by atoms with van der Waals surface area (Å²) in [6, 6.07) is 7.84. The molecule has 0 spiro atoms. The van der Waals surface area contributed by atoms with Gasteiger partial charge in [0.2, 0.25) is 12.7 Å². The topological polar surface area (TPSA) is 64.8 Å². The average molecular weight is 342 g/mol. The van der Waals surface area contributed by atoms with E-state index in [2.05, 4.69) is 5.16 Å². The smallest absolute Gasteiger partial charge is 0.231 e. The normalized spacial score (nSPS) is 19.2. The van der Waals surface area contributed by atoms with Crippen molar-refractivity contribution in [3.05, 3.63) is 41.3 Å². The average Bonchev–Trinajstić information content (AvgIpc) is 3.28. The molecule has 1 atom stereocenters. The van der Waals surface area contributed by atoms with Gasteiger partial charge in [-0.05, 0) is 50.3 Å². The van der Waals surface area contributed by atoms with Crippen molar-refractivity contribution in [1.29, 1.82) is 0 Å². The van der Waals surface area contributed by atoms with E-state index >= 15 is 0 Å². The Labute approximate surface area is 146 Å².